The zero-order chi connectivity index (χ0) is 14.7. The van der Waals surface area contributed by atoms with E-state index in [1.165, 1.54) is 12.8 Å². The standard InChI is InChI=1S/C15H25N3O3/c1-15(16,10-20-11-6-4-7-11)14-17-13(21-18-14)9-12-5-2-3-8-19-12/h11-12H,2-10,16H2,1H3. The van der Waals surface area contributed by atoms with Gasteiger partial charge in [0.25, 0.3) is 0 Å². The maximum atomic E-state index is 6.27. The summed E-state index contributed by atoms with van der Waals surface area (Å²) >= 11 is 0. The van der Waals surface area contributed by atoms with Crippen LogP contribution in [0, 0.1) is 0 Å². The van der Waals surface area contributed by atoms with Gasteiger partial charge in [0.15, 0.2) is 5.82 Å². The van der Waals surface area contributed by atoms with Crippen molar-refractivity contribution in [1.82, 2.24) is 10.1 Å². The van der Waals surface area contributed by atoms with Crippen molar-refractivity contribution in [1.29, 1.82) is 0 Å². The summed E-state index contributed by atoms with van der Waals surface area (Å²) in [6.07, 6.45) is 8.14. The Hall–Kier alpha value is -0.980. The van der Waals surface area contributed by atoms with E-state index in [-0.39, 0.29) is 6.10 Å². The molecule has 21 heavy (non-hydrogen) atoms. The second kappa shape index (κ2) is 6.42. The van der Waals surface area contributed by atoms with E-state index < -0.39 is 5.54 Å². The molecule has 6 heteroatoms. The van der Waals surface area contributed by atoms with E-state index in [4.69, 9.17) is 19.7 Å². The molecule has 0 radical (unpaired) electrons. The molecule has 0 aromatic carbocycles. The lowest BCUT2D eigenvalue weighted by Gasteiger charge is -2.29. The molecule has 3 rings (SSSR count). The molecule has 1 aliphatic carbocycles. The van der Waals surface area contributed by atoms with Crippen LogP contribution in [0.4, 0.5) is 0 Å². The molecule has 1 aliphatic heterocycles. The first-order valence-electron chi connectivity index (χ1n) is 7.99. The Morgan fingerprint density at radius 2 is 2.14 bits per heavy atom. The van der Waals surface area contributed by atoms with E-state index in [1.54, 1.807) is 0 Å². The van der Waals surface area contributed by atoms with Crippen LogP contribution in [-0.2, 0) is 21.4 Å². The summed E-state index contributed by atoms with van der Waals surface area (Å²) in [5.74, 6) is 1.13. The van der Waals surface area contributed by atoms with E-state index in [1.807, 2.05) is 6.92 Å². The van der Waals surface area contributed by atoms with Gasteiger partial charge < -0.3 is 19.7 Å². The molecule has 6 nitrogen and oxygen atoms in total. The highest BCUT2D eigenvalue weighted by Gasteiger charge is 2.31. The van der Waals surface area contributed by atoms with Crippen LogP contribution in [0.2, 0.25) is 0 Å². The molecule has 2 atom stereocenters. The van der Waals surface area contributed by atoms with Crippen molar-refractivity contribution in [2.45, 2.75) is 69.6 Å². The predicted octanol–water partition coefficient (Wildman–Crippen LogP) is 1.92. The monoisotopic (exact) mass is 295 g/mol. The van der Waals surface area contributed by atoms with E-state index in [0.717, 1.165) is 32.3 Å². The second-order valence-electron chi connectivity index (χ2n) is 6.49. The average Bonchev–Trinajstić information content (AvgIpc) is 2.87. The molecule has 0 spiro atoms. The van der Waals surface area contributed by atoms with Crippen LogP contribution in [0.3, 0.4) is 0 Å². The molecule has 118 valence electrons. The maximum absolute atomic E-state index is 6.27. The van der Waals surface area contributed by atoms with Crippen LogP contribution in [0.1, 0.15) is 57.2 Å². The van der Waals surface area contributed by atoms with Crippen LogP contribution >= 0.6 is 0 Å². The first-order chi connectivity index (χ1) is 10.1. The number of nitrogens with zero attached hydrogens (tertiary/aromatic N) is 2. The molecule has 2 aliphatic rings. The van der Waals surface area contributed by atoms with Crippen molar-refractivity contribution in [2.75, 3.05) is 13.2 Å². The van der Waals surface area contributed by atoms with E-state index >= 15 is 0 Å². The summed E-state index contributed by atoms with van der Waals surface area (Å²) in [7, 11) is 0. The third-order valence-corrected chi connectivity index (χ3v) is 4.33. The van der Waals surface area contributed by atoms with Gasteiger partial charge in [-0.25, -0.2) is 0 Å². The summed E-state index contributed by atoms with van der Waals surface area (Å²) in [5, 5.41) is 4.03. The summed E-state index contributed by atoms with van der Waals surface area (Å²) in [6, 6.07) is 0. The zero-order valence-corrected chi connectivity index (χ0v) is 12.7. The lowest BCUT2D eigenvalue weighted by Crippen LogP contribution is -2.41. The van der Waals surface area contributed by atoms with Gasteiger partial charge in [-0.05, 0) is 45.4 Å². The van der Waals surface area contributed by atoms with Gasteiger partial charge in [-0.2, -0.15) is 4.98 Å². The molecule has 1 saturated heterocycles. The van der Waals surface area contributed by atoms with Crippen LogP contribution in [0.5, 0.6) is 0 Å². The van der Waals surface area contributed by atoms with Gasteiger partial charge in [0.1, 0.15) is 5.54 Å². The average molecular weight is 295 g/mol. The maximum Gasteiger partial charge on any atom is 0.229 e. The number of rotatable bonds is 6. The predicted molar refractivity (Wildman–Crippen MR) is 76.7 cm³/mol. The van der Waals surface area contributed by atoms with Crippen molar-refractivity contribution in [3.8, 4) is 0 Å². The molecular formula is C15H25N3O3. The lowest BCUT2D eigenvalue weighted by atomic mass is 9.95. The van der Waals surface area contributed by atoms with Crippen molar-refractivity contribution in [3.63, 3.8) is 0 Å². The third kappa shape index (κ3) is 3.81. The minimum absolute atomic E-state index is 0.197. The topological polar surface area (TPSA) is 83.4 Å². The van der Waals surface area contributed by atoms with Crippen molar-refractivity contribution >= 4 is 0 Å². The third-order valence-electron chi connectivity index (χ3n) is 4.33. The molecule has 2 heterocycles. The minimum atomic E-state index is -0.704. The first kappa shape index (κ1) is 14.9. The van der Waals surface area contributed by atoms with Crippen LogP contribution in [0.15, 0.2) is 4.52 Å². The number of aromatic nitrogens is 2. The quantitative estimate of drug-likeness (QED) is 0.863. The van der Waals surface area contributed by atoms with Crippen LogP contribution in [-0.4, -0.2) is 35.6 Å². The molecule has 2 fully saturated rings. The Labute approximate surface area is 125 Å². The molecule has 1 aromatic rings. The number of ether oxygens (including phenoxy) is 2. The molecule has 0 bridgehead atoms. The summed E-state index contributed by atoms with van der Waals surface area (Å²) in [6.45, 7) is 3.14. The van der Waals surface area contributed by atoms with E-state index in [9.17, 15) is 0 Å². The summed E-state index contributed by atoms with van der Waals surface area (Å²) in [5.41, 5.74) is 5.57. The molecular weight excluding hydrogens is 270 g/mol. The molecule has 2 N–H and O–H groups in total. The fourth-order valence-electron chi connectivity index (χ4n) is 2.63. The molecule has 1 aromatic heterocycles. The van der Waals surface area contributed by atoms with Crippen molar-refractivity contribution in [2.24, 2.45) is 5.73 Å². The molecule has 0 amide bonds. The lowest BCUT2D eigenvalue weighted by molar-refractivity contribution is -0.0222. The highest BCUT2D eigenvalue weighted by molar-refractivity contribution is 5.02. The second-order valence-corrected chi connectivity index (χ2v) is 6.49. The van der Waals surface area contributed by atoms with E-state index in [2.05, 4.69) is 10.1 Å². The molecule has 2 unspecified atom stereocenters. The summed E-state index contributed by atoms with van der Waals surface area (Å²) < 4.78 is 16.8. The van der Waals surface area contributed by atoms with Gasteiger partial charge in [-0.3, -0.25) is 0 Å². The Bertz CT molecular complexity index is 451. The van der Waals surface area contributed by atoms with Gasteiger partial charge in [0, 0.05) is 6.61 Å². The Morgan fingerprint density at radius 3 is 2.81 bits per heavy atom. The summed E-state index contributed by atoms with van der Waals surface area (Å²) in [4.78, 5) is 4.44. The van der Waals surface area contributed by atoms with Gasteiger partial charge >= 0.3 is 0 Å². The largest absolute Gasteiger partial charge is 0.378 e. The van der Waals surface area contributed by atoms with E-state index in [0.29, 0.717) is 30.8 Å². The van der Waals surface area contributed by atoms with Crippen LogP contribution in [0.25, 0.3) is 0 Å². The number of nitrogens with two attached hydrogens (primary N) is 1. The SMILES string of the molecule is CC(N)(COC1CCC1)c1noc(CC2CCCCO2)n1. The number of hydrogen-bond donors (Lipinski definition) is 1. The van der Waals surface area contributed by atoms with Crippen molar-refractivity contribution < 1.29 is 14.0 Å². The van der Waals surface area contributed by atoms with Crippen molar-refractivity contribution in [3.05, 3.63) is 11.7 Å². The van der Waals surface area contributed by atoms with Gasteiger partial charge in [-0.15, -0.1) is 0 Å². The Balaban J connectivity index is 1.54. The zero-order valence-electron chi connectivity index (χ0n) is 12.7. The number of hydrogen-bond acceptors (Lipinski definition) is 6. The highest BCUT2D eigenvalue weighted by Crippen LogP contribution is 2.25. The Morgan fingerprint density at radius 1 is 1.29 bits per heavy atom. The normalized spacial score (nSPS) is 26.3. The van der Waals surface area contributed by atoms with Gasteiger partial charge in [0.05, 0.1) is 25.2 Å². The highest BCUT2D eigenvalue weighted by atomic mass is 16.5. The van der Waals surface area contributed by atoms with Crippen LogP contribution < -0.4 is 5.73 Å². The fourth-order valence-corrected chi connectivity index (χ4v) is 2.63. The Kier molecular flexibility index (Phi) is 4.57. The molecule has 1 saturated carbocycles. The van der Waals surface area contributed by atoms with Gasteiger partial charge in [0.2, 0.25) is 5.89 Å². The smallest absolute Gasteiger partial charge is 0.229 e. The first-order valence-corrected chi connectivity index (χ1v) is 7.99. The fraction of sp³-hybridized carbons (Fsp3) is 0.867. The minimum Gasteiger partial charge on any atom is -0.378 e. The van der Waals surface area contributed by atoms with Gasteiger partial charge in [-0.1, -0.05) is 5.16 Å².